The largest absolute Gasteiger partial charge is 0.444 e. The van der Waals surface area contributed by atoms with Crippen LogP contribution in [0.1, 0.15) is 13.2 Å². The first-order chi connectivity index (χ1) is 4.84. The molecular weight excluding hydrogens is 236 g/mol. The maximum atomic E-state index is 9.87. The Hall–Kier alpha value is -0.380. The molecule has 1 atom stereocenters. The topological polar surface area (TPSA) is 31.2 Å². The number of rotatable bonds is 3. The van der Waals surface area contributed by atoms with E-state index in [4.69, 9.17) is 0 Å². The Kier molecular flexibility index (Phi) is 13.7. The molecule has 0 spiro atoms. The number of carbonyl (C=O) groups excluding carboxylic acids is 1. The normalized spacial score (nSPS) is 9.62. The van der Waals surface area contributed by atoms with E-state index in [1.54, 1.807) is 11.5 Å². The van der Waals surface area contributed by atoms with E-state index in [1.807, 2.05) is 24.5 Å². The summed E-state index contributed by atoms with van der Waals surface area (Å²) in [7, 11) is 0. The molecule has 0 fully saturated rings. The zero-order valence-electron chi connectivity index (χ0n) is 6.95. The first-order valence-electron chi connectivity index (χ1n) is 3.06. The summed E-state index contributed by atoms with van der Waals surface area (Å²) in [5.74, 6) is 0. The van der Waals surface area contributed by atoms with Gasteiger partial charge in [0.1, 0.15) is 0 Å². The van der Waals surface area contributed by atoms with Gasteiger partial charge in [0.15, 0.2) is 6.23 Å². The molecule has 0 amide bonds. The van der Waals surface area contributed by atoms with E-state index < -0.39 is 0 Å². The lowest BCUT2D eigenvalue weighted by Crippen LogP contribution is -2.05. The number of hydrogen-bond acceptors (Lipinski definition) is 2. The summed E-state index contributed by atoms with van der Waals surface area (Å²) in [6.45, 7) is 2.25. The zero-order chi connectivity index (χ0) is 7.40. The van der Waals surface area contributed by atoms with Gasteiger partial charge in [0.05, 0.1) is 0 Å². The minimum absolute atomic E-state index is 0. The quantitative estimate of drug-likeness (QED) is 0.770. The lowest BCUT2D eigenvalue weighted by Gasteiger charge is -2.09. The number of halogens is 3. The van der Waals surface area contributed by atoms with Crippen molar-refractivity contribution in [2.75, 3.05) is 0 Å². The van der Waals surface area contributed by atoms with Gasteiger partial charge in [-0.25, -0.2) is 0 Å². The maximum Gasteiger partial charge on any atom is 0.295 e. The lowest BCUT2D eigenvalue weighted by molar-refractivity contribution is -0.136. The molecule has 78 valence electrons. The molecule has 0 radical (unpaired) electrons. The third-order valence-corrected chi connectivity index (χ3v) is 1.30. The van der Waals surface area contributed by atoms with Crippen LogP contribution in [0.25, 0.3) is 0 Å². The first kappa shape index (κ1) is 18.4. The highest BCUT2D eigenvalue weighted by Gasteiger charge is 1.99. The first-order valence-corrected chi connectivity index (χ1v) is 3.06. The Balaban J connectivity index is -0.000000333. The third-order valence-electron chi connectivity index (χ3n) is 1.30. The van der Waals surface area contributed by atoms with E-state index in [9.17, 15) is 4.79 Å². The number of hydrogen-bond donors (Lipinski definition) is 0. The molecule has 0 aliphatic carbocycles. The molecule has 0 aromatic carbocycles. The summed E-state index contributed by atoms with van der Waals surface area (Å²) in [6.07, 6.45) is 3.48. The van der Waals surface area contributed by atoms with Gasteiger partial charge in [-0.15, -0.1) is 37.2 Å². The minimum Gasteiger partial charge on any atom is -0.444 e. The van der Waals surface area contributed by atoms with Crippen molar-refractivity contribution in [3.63, 3.8) is 0 Å². The van der Waals surface area contributed by atoms with Crippen LogP contribution >= 0.6 is 37.2 Å². The fraction of sp³-hybridized carbons (Fsp3) is 0.286. The van der Waals surface area contributed by atoms with E-state index >= 15 is 0 Å². The van der Waals surface area contributed by atoms with Crippen molar-refractivity contribution in [1.29, 1.82) is 0 Å². The van der Waals surface area contributed by atoms with Gasteiger partial charge in [0, 0.05) is 12.4 Å². The Bertz CT molecular complexity index is 204. The van der Waals surface area contributed by atoms with Crippen LogP contribution in [-0.4, -0.2) is 11.0 Å². The summed E-state index contributed by atoms with van der Waals surface area (Å²) in [5, 5.41) is 0. The smallest absolute Gasteiger partial charge is 0.295 e. The van der Waals surface area contributed by atoms with Gasteiger partial charge in [0.25, 0.3) is 6.47 Å². The van der Waals surface area contributed by atoms with Crippen molar-refractivity contribution >= 4 is 43.7 Å². The molecule has 0 aliphatic rings. The molecule has 1 aromatic heterocycles. The second kappa shape index (κ2) is 9.71. The standard InChI is InChI=1S/C7H9NO2.3ClH/c1-7(10-6-9)8-4-2-3-5-8;;;/h2-7H,1H3;3*1H. The summed E-state index contributed by atoms with van der Waals surface area (Å²) in [5.41, 5.74) is 0. The van der Waals surface area contributed by atoms with Crippen molar-refractivity contribution in [2.24, 2.45) is 0 Å². The molecule has 0 saturated heterocycles. The van der Waals surface area contributed by atoms with Crippen LogP contribution < -0.4 is 0 Å². The molecule has 13 heavy (non-hydrogen) atoms. The molecule has 0 saturated carbocycles. The van der Waals surface area contributed by atoms with Crippen molar-refractivity contribution in [3.05, 3.63) is 24.5 Å². The number of carbonyl (C=O) groups is 1. The van der Waals surface area contributed by atoms with Crippen LogP contribution in [0.2, 0.25) is 0 Å². The highest BCUT2D eigenvalue weighted by Crippen LogP contribution is 2.04. The number of ether oxygens (including phenoxy) is 1. The Labute approximate surface area is 95.7 Å². The van der Waals surface area contributed by atoms with Crippen LogP contribution in [0, 0.1) is 0 Å². The number of aromatic nitrogens is 1. The Morgan fingerprint density at radius 1 is 1.23 bits per heavy atom. The summed E-state index contributed by atoms with van der Waals surface area (Å²) in [6, 6.07) is 3.76. The van der Waals surface area contributed by atoms with Gasteiger partial charge in [-0.05, 0) is 19.1 Å². The molecule has 0 aliphatic heterocycles. The van der Waals surface area contributed by atoms with E-state index in [2.05, 4.69) is 4.74 Å². The van der Waals surface area contributed by atoms with Crippen LogP contribution in [0.5, 0.6) is 0 Å². The fourth-order valence-electron chi connectivity index (χ4n) is 0.741. The maximum absolute atomic E-state index is 9.87. The van der Waals surface area contributed by atoms with Crippen molar-refractivity contribution < 1.29 is 9.53 Å². The summed E-state index contributed by atoms with van der Waals surface area (Å²) < 4.78 is 6.47. The van der Waals surface area contributed by atoms with Gasteiger partial charge in [0.2, 0.25) is 0 Å². The van der Waals surface area contributed by atoms with Gasteiger partial charge >= 0.3 is 0 Å². The van der Waals surface area contributed by atoms with E-state index in [1.165, 1.54) is 0 Å². The molecule has 1 unspecified atom stereocenters. The predicted molar refractivity (Wildman–Crippen MR) is 58.0 cm³/mol. The minimum atomic E-state index is -0.201. The van der Waals surface area contributed by atoms with Gasteiger partial charge in [-0.2, -0.15) is 0 Å². The number of nitrogens with zero attached hydrogens (tertiary/aromatic N) is 1. The lowest BCUT2D eigenvalue weighted by atomic mass is 10.6. The SMILES string of the molecule is CC(OC=O)n1cccc1.Cl.Cl.Cl. The highest BCUT2D eigenvalue weighted by molar-refractivity contribution is 5.86. The van der Waals surface area contributed by atoms with Crippen LogP contribution in [-0.2, 0) is 9.53 Å². The second-order valence-electron chi connectivity index (χ2n) is 1.96. The van der Waals surface area contributed by atoms with E-state index in [-0.39, 0.29) is 43.4 Å². The molecule has 6 heteroatoms. The average molecular weight is 249 g/mol. The van der Waals surface area contributed by atoms with Crippen molar-refractivity contribution in [2.45, 2.75) is 13.2 Å². The summed E-state index contributed by atoms with van der Waals surface area (Å²) in [4.78, 5) is 9.87. The molecule has 1 heterocycles. The van der Waals surface area contributed by atoms with Crippen molar-refractivity contribution in [3.8, 4) is 0 Å². The molecule has 0 bridgehead atoms. The average Bonchev–Trinajstić information content (AvgIpc) is 2.38. The molecular formula is C7H12Cl3NO2. The zero-order valence-corrected chi connectivity index (χ0v) is 9.40. The van der Waals surface area contributed by atoms with Crippen LogP contribution in [0.4, 0.5) is 0 Å². The van der Waals surface area contributed by atoms with Crippen LogP contribution in [0.3, 0.4) is 0 Å². The van der Waals surface area contributed by atoms with Crippen molar-refractivity contribution in [1.82, 2.24) is 4.57 Å². The van der Waals surface area contributed by atoms with Gasteiger partial charge < -0.3 is 9.30 Å². The fourth-order valence-corrected chi connectivity index (χ4v) is 0.741. The molecule has 1 rings (SSSR count). The van der Waals surface area contributed by atoms with E-state index in [0.29, 0.717) is 6.47 Å². The predicted octanol–water partition coefficient (Wildman–Crippen LogP) is 2.45. The molecule has 1 aromatic rings. The molecule has 3 nitrogen and oxygen atoms in total. The van der Waals surface area contributed by atoms with Crippen LogP contribution in [0.15, 0.2) is 24.5 Å². The second-order valence-corrected chi connectivity index (χ2v) is 1.96. The Morgan fingerprint density at radius 3 is 2.08 bits per heavy atom. The highest BCUT2D eigenvalue weighted by atomic mass is 35.5. The Morgan fingerprint density at radius 2 is 1.69 bits per heavy atom. The van der Waals surface area contributed by atoms with E-state index in [0.717, 1.165) is 0 Å². The third kappa shape index (κ3) is 5.80. The summed E-state index contributed by atoms with van der Waals surface area (Å²) >= 11 is 0. The molecule has 0 N–H and O–H groups in total. The monoisotopic (exact) mass is 247 g/mol. The van der Waals surface area contributed by atoms with Gasteiger partial charge in [-0.3, -0.25) is 4.79 Å². The van der Waals surface area contributed by atoms with Gasteiger partial charge in [-0.1, -0.05) is 0 Å².